The number of fused-ring (bicyclic) bond motifs is 1. The number of hydrogen-bond donors (Lipinski definition) is 4. The second-order valence-electron chi connectivity index (χ2n) is 17.5. The summed E-state index contributed by atoms with van der Waals surface area (Å²) in [5.74, 6) is -1.55. The molecule has 2 fully saturated rings. The Morgan fingerprint density at radius 3 is 1.92 bits per heavy atom. The topological polar surface area (TPSA) is 172 Å². The zero-order valence-corrected chi connectivity index (χ0v) is 37.4. The van der Waals surface area contributed by atoms with Crippen molar-refractivity contribution in [1.82, 2.24) is 50.8 Å². The molecule has 16 heteroatoms. The summed E-state index contributed by atoms with van der Waals surface area (Å²) in [5.41, 5.74) is 5.58. The van der Waals surface area contributed by atoms with Gasteiger partial charge in [0, 0.05) is 37.8 Å². The van der Waals surface area contributed by atoms with Gasteiger partial charge in [0.15, 0.2) is 0 Å². The molecule has 2 aromatic heterocycles. The van der Waals surface area contributed by atoms with Crippen LogP contribution in [0, 0.1) is 11.6 Å². The standard InChI is InChI=1S/C49H62F2N10O4/c1-33(37-17-21-39(50)22-18-37)43-31-59(57-55-43)28-7-5-9-35-13-15-36(16-14-35)10-6-8-29-60-32-44(56-58-60)46(38-19-23-40(51)24-20-38)54-48(64)45-26-25-41-11-3-4-12-42(49(65)61(41)45)53-47(63)34(2)52-27-30-62/h13-24,31-34,41-42,45-46,52,62H,3-12,25-30H2,1-2H3,(H,53,63)(H,54,64)/t33-,34-,41-,42-,45-,46-/m0/s1. The minimum atomic E-state index is -0.765. The van der Waals surface area contributed by atoms with Crippen LogP contribution >= 0.6 is 0 Å². The zero-order chi connectivity index (χ0) is 45.7. The van der Waals surface area contributed by atoms with Crippen LogP contribution in [0.3, 0.4) is 0 Å². The van der Waals surface area contributed by atoms with E-state index in [0.717, 1.165) is 75.6 Å². The van der Waals surface area contributed by atoms with Crippen LogP contribution in [0.2, 0.25) is 0 Å². The summed E-state index contributed by atoms with van der Waals surface area (Å²) in [6.45, 7) is 5.29. The Bertz CT molecular complexity index is 2300. The number of aryl methyl sites for hydroxylation is 4. The Labute approximate surface area is 379 Å². The number of benzene rings is 3. The molecule has 346 valence electrons. The number of hydrogen-bond acceptors (Lipinski definition) is 9. The number of nitrogens with zero attached hydrogens (tertiary/aromatic N) is 7. The van der Waals surface area contributed by atoms with Crippen molar-refractivity contribution in [2.45, 2.75) is 140 Å². The molecule has 2 saturated heterocycles. The largest absolute Gasteiger partial charge is 0.395 e. The van der Waals surface area contributed by atoms with Crippen LogP contribution in [-0.4, -0.2) is 95.0 Å². The van der Waals surface area contributed by atoms with Gasteiger partial charge in [0.2, 0.25) is 17.7 Å². The Hall–Kier alpha value is -5.87. The molecular weight excluding hydrogens is 831 g/mol. The number of aliphatic hydroxyl groups excluding tert-OH is 1. The molecule has 3 aromatic carbocycles. The first-order valence-corrected chi connectivity index (χ1v) is 23.2. The lowest BCUT2D eigenvalue weighted by Crippen LogP contribution is -2.58. The van der Waals surface area contributed by atoms with Gasteiger partial charge in [0.25, 0.3) is 0 Å². The molecule has 5 aromatic rings. The molecule has 0 spiro atoms. The Kier molecular flexibility index (Phi) is 16.6. The number of unbranched alkanes of at least 4 members (excludes halogenated alkanes) is 2. The maximum Gasteiger partial charge on any atom is 0.246 e. The van der Waals surface area contributed by atoms with Crippen LogP contribution in [0.5, 0.6) is 0 Å². The monoisotopic (exact) mass is 892 g/mol. The highest BCUT2D eigenvalue weighted by molar-refractivity contribution is 5.94. The number of aliphatic hydroxyl groups is 1. The molecule has 65 heavy (non-hydrogen) atoms. The van der Waals surface area contributed by atoms with Crippen molar-refractivity contribution in [2.24, 2.45) is 0 Å². The first-order chi connectivity index (χ1) is 31.6. The summed E-state index contributed by atoms with van der Waals surface area (Å²) in [4.78, 5) is 43.0. The average molecular weight is 893 g/mol. The smallest absolute Gasteiger partial charge is 0.246 e. The lowest BCUT2D eigenvalue weighted by molar-refractivity contribution is -0.144. The van der Waals surface area contributed by atoms with Crippen LogP contribution in [0.4, 0.5) is 8.78 Å². The van der Waals surface area contributed by atoms with Crippen molar-refractivity contribution in [2.75, 3.05) is 13.2 Å². The van der Waals surface area contributed by atoms with E-state index in [1.807, 2.05) is 24.0 Å². The van der Waals surface area contributed by atoms with E-state index >= 15 is 0 Å². The third-order valence-corrected chi connectivity index (χ3v) is 12.9. The van der Waals surface area contributed by atoms with Gasteiger partial charge in [0.05, 0.1) is 30.6 Å². The first kappa shape index (κ1) is 47.1. The summed E-state index contributed by atoms with van der Waals surface area (Å²) >= 11 is 0. The number of aromatic nitrogens is 6. The van der Waals surface area contributed by atoms with Gasteiger partial charge in [-0.05, 0) is 118 Å². The van der Waals surface area contributed by atoms with Gasteiger partial charge in [0.1, 0.15) is 29.4 Å². The number of rotatable bonds is 21. The van der Waals surface area contributed by atoms with Crippen molar-refractivity contribution in [3.63, 3.8) is 0 Å². The number of carbonyl (C=O) groups excluding carboxylic acids is 3. The SMILES string of the molecule is C[C@@H](c1ccc(F)cc1)c1cn(CCCCc2ccc(CCCCn3cc([C@@H](NC(=O)[C@@H]4CC[C@@H]5CCCC[C@H](NC(=O)[C@H](C)NCCO)C(=O)N54)c4ccc(F)cc4)nn3)cc2)nn1. The number of amides is 3. The minimum Gasteiger partial charge on any atom is -0.395 e. The molecule has 0 unspecified atom stereocenters. The molecule has 4 heterocycles. The van der Waals surface area contributed by atoms with E-state index in [4.69, 9.17) is 5.11 Å². The summed E-state index contributed by atoms with van der Waals surface area (Å²) in [6, 6.07) is 18.3. The second-order valence-corrected chi connectivity index (χ2v) is 17.5. The predicted octanol–water partition coefficient (Wildman–Crippen LogP) is 5.94. The Morgan fingerprint density at radius 2 is 1.31 bits per heavy atom. The fourth-order valence-electron chi connectivity index (χ4n) is 8.99. The number of nitrogens with one attached hydrogen (secondary N) is 3. The van der Waals surface area contributed by atoms with Gasteiger partial charge in [-0.2, -0.15) is 0 Å². The molecule has 0 radical (unpaired) electrons. The Morgan fingerprint density at radius 1 is 0.738 bits per heavy atom. The molecule has 0 saturated carbocycles. The van der Waals surface area contributed by atoms with Gasteiger partial charge in [-0.3, -0.25) is 23.7 Å². The van der Waals surface area contributed by atoms with Gasteiger partial charge < -0.3 is 26.0 Å². The summed E-state index contributed by atoms with van der Waals surface area (Å²) in [5, 5.41) is 35.6. The van der Waals surface area contributed by atoms with E-state index in [1.54, 1.807) is 40.8 Å². The van der Waals surface area contributed by atoms with E-state index < -0.39 is 30.0 Å². The van der Waals surface area contributed by atoms with E-state index in [0.29, 0.717) is 37.1 Å². The van der Waals surface area contributed by atoms with E-state index in [9.17, 15) is 23.2 Å². The summed E-state index contributed by atoms with van der Waals surface area (Å²) in [6.07, 6.45) is 13.6. The molecule has 6 atom stereocenters. The summed E-state index contributed by atoms with van der Waals surface area (Å²) in [7, 11) is 0. The first-order valence-electron chi connectivity index (χ1n) is 23.2. The van der Waals surface area contributed by atoms with Crippen LogP contribution in [0.15, 0.2) is 85.2 Å². The van der Waals surface area contributed by atoms with E-state index in [1.165, 1.54) is 35.4 Å². The van der Waals surface area contributed by atoms with Crippen molar-refractivity contribution >= 4 is 17.7 Å². The van der Waals surface area contributed by atoms with Gasteiger partial charge in [-0.25, -0.2) is 8.78 Å². The van der Waals surface area contributed by atoms with E-state index in [-0.39, 0.29) is 48.7 Å². The lowest BCUT2D eigenvalue weighted by atomic mass is 9.98. The molecule has 2 aliphatic rings. The van der Waals surface area contributed by atoms with Crippen molar-refractivity contribution in [1.29, 1.82) is 0 Å². The quantitative estimate of drug-likeness (QED) is 0.0651. The Balaban J connectivity index is 0.886. The third kappa shape index (κ3) is 12.7. The van der Waals surface area contributed by atoms with E-state index in [2.05, 4.69) is 60.8 Å². The van der Waals surface area contributed by atoms with Gasteiger partial charge >= 0.3 is 0 Å². The second kappa shape index (κ2) is 22.8. The molecule has 7 rings (SSSR count). The molecule has 4 N–H and O–H groups in total. The van der Waals surface area contributed by atoms with Crippen LogP contribution < -0.4 is 16.0 Å². The number of halogens is 2. The average Bonchev–Trinajstić information content (AvgIpc) is 4.09. The molecule has 0 aliphatic carbocycles. The summed E-state index contributed by atoms with van der Waals surface area (Å²) < 4.78 is 31.1. The number of carbonyl (C=O) groups is 3. The fourth-order valence-corrected chi connectivity index (χ4v) is 8.99. The van der Waals surface area contributed by atoms with Crippen LogP contribution in [-0.2, 0) is 40.3 Å². The maximum absolute atomic E-state index is 14.2. The lowest BCUT2D eigenvalue weighted by Gasteiger charge is -2.36. The van der Waals surface area contributed by atoms with Crippen LogP contribution in [0.1, 0.15) is 124 Å². The van der Waals surface area contributed by atoms with Crippen molar-refractivity contribution in [3.8, 4) is 0 Å². The fraction of sp³-hybridized carbons (Fsp3) is 0.490. The molecule has 2 aliphatic heterocycles. The molecule has 14 nitrogen and oxygen atoms in total. The highest BCUT2D eigenvalue weighted by Crippen LogP contribution is 2.33. The molecule has 3 amide bonds. The zero-order valence-electron chi connectivity index (χ0n) is 37.4. The van der Waals surface area contributed by atoms with Crippen LogP contribution in [0.25, 0.3) is 0 Å². The highest BCUT2D eigenvalue weighted by atomic mass is 19.1. The van der Waals surface area contributed by atoms with Crippen molar-refractivity contribution < 1.29 is 28.3 Å². The predicted molar refractivity (Wildman–Crippen MR) is 241 cm³/mol. The van der Waals surface area contributed by atoms with Crippen molar-refractivity contribution in [3.05, 3.63) is 130 Å². The highest BCUT2D eigenvalue weighted by Gasteiger charge is 2.44. The third-order valence-electron chi connectivity index (χ3n) is 12.9. The van der Waals surface area contributed by atoms with Gasteiger partial charge in [-0.1, -0.05) is 78.7 Å². The maximum atomic E-state index is 14.2. The molecule has 0 bridgehead atoms. The van der Waals surface area contributed by atoms with Gasteiger partial charge in [-0.15, -0.1) is 10.2 Å². The minimum absolute atomic E-state index is 0.0403. The molecular formula is C49H62F2N10O4. The normalized spacial score (nSPS) is 18.9.